The highest BCUT2D eigenvalue weighted by atomic mass is 16.6. The Morgan fingerprint density at radius 3 is 2.58 bits per heavy atom. The zero-order valence-electron chi connectivity index (χ0n) is 11.0. The second kappa shape index (κ2) is 6.40. The van der Waals surface area contributed by atoms with Gasteiger partial charge in [-0.2, -0.15) is 0 Å². The fraction of sp³-hybridized carbons (Fsp3) is 0.462. The number of benzene rings is 1. The molecule has 0 amide bonds. The Labute approximate surface area is 111 Å². The fourth-order valence-corrected chi connectivity index (χ4v) is 1.56. The first-order chi connectivity index (χ1) is 8.86. The zero-order valence-corrected chi connectivity index (χ0v) is 11.0. The number of ether oxygens (including phenoxy) is 2. The van der Waals surface area contributed by atoms with Crippen molar-refractivity contribution in [1.29, 1.82) is 0 Å². The molecule has 0 heterocycles. The summed E-state index contributed by atoms with van der Waals surface area (Å²) in [6.45, 7) is 2.00. The van der Waals surface area contributed by atoms with E-state index in [0.717, 1.165) is 0 Å². The highest BCUT2D eigenvalue weighted by molar-refractivity contribution is 5.80. The van der Waals surface area contributed by atoms with Gasteiger partial charge in [-0.15, -0.1) is 0 Å². The molecule has 0 fully saturated rings. The molecule has 6 heteroatoms. The number of hydrogen-bond acceptors (Lipinski definition) is 6. The van der Waals surface area contributed by atoms with Crippen molar-refractivity contribution < 1.29 is 24.5 Å². The van der Waals surface area contributed by atoms with E-state index in [1.54, 1.807) is 13.0 Å². The smallest absolute Gasteiger partial charge is 0.326 e. The zero-order chi connectivity index (χ0) is 14.5. The molecular formula is C13H19NO5. The first-order valence-corrected chi connectivity index (χ1v) is 5.82. The van der Waals surface area contributed by atoms with E-state index in [4.69, 9.17) is 15.2 Å². The van der Waals surface area contributed by atoms with Gasteiger partial charge in [-0.25, -0.2) is 0 Å². The molecule has 0 radical (unpaired) electrons. The molecule has 0 aliphatic heterocycles. The first-order valence-electron chi connectivity index (χ1n) is 5.82. The summed E-state index contributed by atoms with van der Waals surface area (Å²) in [7, 11) is 1.51. The molecule has 0 unspecified atom stereocenters. The molecule has 0 spiro atoms. The number of nitrogens with two attached hydrogens (primary N) is 1. The third-order valence-electron chi connectivity index (χ3n) is 2.60. The van der Waals surface area contributed by atoms with Crippen LogP contribution in [0.1, 0.15) is 12.5 Å². The van der Waals surface area contributed by atoms with Gasteiger partial charge < -0.3 is 25.4 Å². The van der Waals surface area contributed by atoms with Crippen LogP contribution in [0.2, 0.25) is 0 Å². The SMILES string of the molecule is COCCOC(=O)[C@@](C)(N)Cc1ccc(O)c(O)c1. The molecule has 1 aromatic rings. The van der Waals surface area contributed by atoms with Crippen molar-refractivity contribution in [2.24, 2.45) is 5.73 Å². The molecule has 0 bridgehead atoms. The number of esters is 1. The average molecular weight is 269 g/mol. The maximum Gasteiger partial charge on any atom is 0.326 e. The van der Waals surface area contributed by atoms with Crippen molar-refractivity contribution in [3.8, 4) is 11.5 Å². The first kappa shape index (κ1) is 15.3. The lowest BCUT2D eigenvalue weighted by Crippen LogP contribution is -2.48. The van der Waals surface area contributed by atoms with Crippen LogP contribution in [0.25, 0.3) is 0 Å². The number of carbonyl (C=O) groups excluding carboxylic acids is 1. The van der Waals surface area contributed by atoms with Crippen molar-refractivity contribution in [1.82, 2.24) is 0 Å². The Hall–Kier alpha value is -1.79. The van der Waals surface area contributed by atoms with Gasteiger partial charge in [0.05, 0.1) is 6.61 Å². The fourth-order valence-electron chi connectivity index (χ4n) is 1.56. The van der Waals surface area contributed by atoms with E-state index in [1.807, 2.05) is 0 Å². The van der Waals surface area contributed by atoms with Gasteiger partial charge in [-0.1, -0.05) is 6.07 Å². The normalized spacial score (nSPS) is 13.8. The summed E-state index contributed by atoms with van der Waals surface area (Å²) in [5.74, 6) is -1.01. The quantitative estimate of drug-likeness (QED) is 0.396. The maximum absolute atomic E-state index is 11.8. The summed E-state index contributed by atoms with van der Waals surface area (Å²) < 4.78 is 9.75. The second-order valence-electron chi connectivity index (χ2n) is 4.55. The molecule has 0 aromatic heterocycles. The number of phenolic OH excluding ortho intramolecular Hbond substituents is 2. The maximum atomic E-state index is 11.8. The highest BCUT2D eigenvalue weighted by Crippen LogP contribution is 2.26. The number of rotatable bonds is 6. The molecule has 19 heavy (non-hydrogen) atoms. The lowest BCUT2D eigenvalue weighted by Gasteiger charge is -2.22. The Balaban J connectivity index is 2.67. The number of aromatic hydroxyl groups is 2. The van der Waals surface area contributed by atoms with E-state index in [2.05, 4.69) is 0 Å². The largest absolute Gasteiger partial charge is 0.504 e. The minimum Gasteiger partial charge on any atom is -0.504 e. The number of phenols is 2. The van der Waals surface area contributed by atoms with E-state index >= 15 is 0 Å². The van der Waals surface area contributed by atoms with E-state index in [1.165, 1.54) is 19.2 Å². The summed E-state index contributed by atoms with van der Waals surface area (Å²) in [5.41, 5.74) is 5.32. The van der Waals surface area contributed by atoms with Crippen molar-refractivity contribution in [2.75, 3.05) is 20.3 Å². The minimum atomic E-state index is -1.21. The van der Waals surface area contributed by atoms with Gasteiger partial charge in [0.15, 0.2) is 11.5 Å². The van der Waals surface area contributed by atoms with E-state index in [9.17, 15) is 15.0 Å². The van der Waals surface area contributed by atoms with Crippen molar-refractivity contribution in [3.05, 3.63) is 23.8 Å². The number of hydrogen-bond donors (Lipinski definition) is 3. The third-order valence-corrected chi connectivity index (χ3v) is 2.60. The predicted octanol–water partition coefficient (Wildman–Crippen LogP) is 0.547. The Morgan fingerprint density at radius 1 is 1.32 bits per heavy atom. The summed E-state index contributed by atoms with van der Waals surface area (Å²) in [4.78, 5) is 11.8. The van der Waals surface area contributed by atoms with Crippen LogP contribution in [0.3, 0.4) is 0 Å². The van der Waals surface area contributed by atoms with Gasteiger partial charge in [-0.3, -0.25) is 4.79 Å². The van der Waals surface area contributed by atoms with Crippen LogP contribution in [0, 0.1) is 0 Å². The van der Waals surface area contributed by atoms with Gasteiger partial charge in [0.2, 0.25) is 0 Å². The van der Waals surface area contributed by atoms with E-state index < -0.39 is 11.5 Å². The van der Waals surface area contributed by atoms with Crippen LogP contribution < -0.4 is 5.73 Å². The highest BCUT2D eigenvalue weighted by Gasteiger charge is 2.30. The molecule has 0 saturated carbocycles. The lowest BCUT2D eigenvalue weighted by molar-refractivity contribution is -0.150. The van der Waals surface area contributed by atoms with Crippen LogP contribution in [-0.4, -0.2) is 42.0 Å². The molecule has 0 aliphatic rings. The lowest BCUT2D eigenvalue weighted by atomic mass is 9.94. The Morgan fingerprint density at radius 2 is 2.00 bits per heavy atom. The van der Waals surface area contributed by atoms with Crippen LogP contribution in [0.5, 0.6) is 11.5 Å². The van der Waals surface area contributed by atoms with E-state index in [-0.39, 0.29) is 24.5 Å². The molecule has 6 nitrogen and oxygen atoms in total. The Bertz CT molecular complexity index is 445. The van der Waals surface area contributed by atoms with Crippen LogP contribution in [0.4, 0.5) is 0 Å². The molecule has 0 aliphatic carbocycles. The number of methoxy groups -OCH3 is 1. The van der Waals surface area contributed by atoms with E-state index in [0.29, 0.717) is 12.2 Å². The van der Waals surface area contributed by atoms with Crippen molar-refractivity contribution >= 4 is 5.97 Å². The van der Waals surface area contributed by atoms with Gasteiger partial charge in [0.25, 0.3) is 0 Å². The molecule has 4 N–H and O–H groups in total. The molecule has 106 valence electrons. The summed E-state index contributed by atoms with van der Waals surface area (Å²) >= 11 is 0. The molecule has 1 rings (SSSR count). The predicted molar refractivity (Wildman–Crippen MR) is 68.9 cm³/mol. The van der Waals surface area contributed by atoms with Gasteiger partial charge in [0.1, 0.15) is 12.1 Å². The van der Waals surface area contributed by atoms with Crippen molar-refractivity contribution in [3.63, 3.8) is 0 Å². The summed E-state index contributed by atoms with van der Waals surface area (Å²) in [5, 5.41) is 18.6. The number of carbonyl (C=O) groups is 1. The third kappa shape index (κ3) is 4.42. The molecule has 1 atom stereocenters. The average Bonchev–Trinajstić information content (AvgIpc) is 2.33. The van der Waals surface area contributed by atoms with Crippen LogP contribution >= 0.6 is 0 Å². The summed E-state index contributed by atoms with van der Waals surface area (Å²) in [6, 6.07) is 4.29. The molecule has 0 saturated heterocycles. The molecule has 1 aromatic carbocycles. The minimum absolute atomic E-state index is 0.142. The second-order valence-corrected chi connectivity index (χ2v) is 4.55. The van der Waals surface area contributed by atoms with Gasteiger partial charge >= 0.3 is 5.97 Å². The van der Waals surface area contributed by atoms with Gasteiger partial charge in [-0.05, 0) is 24.6 Å². The summed E-state index contributed by atoms with van der Waals surface area (Å²) in [6.07, 6.45) is 0.187. The standard InChI is InChI=1S/C13H19NO5/c1-13(14,12(17)19-6-5-18-2)8-9-3-4-10(15)11(16)7-9/h3-4,7,15-16H,5-6,8,14H2,1-2H3/t13-/m0/s1. The molecular weight excluding hydrogens is 250 g/mol. The van der Waals surface area contributed by atoms with Crippen molar-refractivity contribution in [2.45, 2.75) is 18.9 Å². The monoisotopic (exact) mass is 269 g/mol. The Kier molecular flexibility index (Phi) is 5.14. The van der Waals surface area contributed by atoms with Crippen LogP contribution in [-0.2, 0) is 20.7 Å². The van der Waals surface area contributed by atoms with Gasteiger partial charge in [0, 0.05) is 13.5 Å². The topological polar surface area (TPSA) is 102 Å². The van der Waals surface area contributed by atoms with Crippen LogP contribution in [0.15, 0.2) is 18.2 Å².